The van der Waals surface area contributed by atoms with Gasteiger partial charge in [-0.25, -0.2) is 4.39 Å². The van der Waals surface area contributed by atoms with Gasteiger partial charge in [0, 0.05) is 11.7 Å². The van der Waals surface area contributed by atoms with Crippen molar-refractivity contribution in [2.75, 3.05) is 5.32 Å². The van der Waals surface area contributed by atoms with Crippen LogP contribution in [0, 0.1) is 12.7 Å². The van der Waals surface area contributed by atoms with E-state index in [-0.39, 0.29) is 18.0 Å². The van der Waals surface area contributed by atoms with Gasteiger partial charge in [0.2, 0.25) is 0 Å². The minimum atomic E-state index is -0.216. The Kier molecular flexibility index (Phi) is 4.28. The van der Waals surface area contributed by atoms with Crippen molar-refractivity contribution in [3.63, 3.8) is 0 Å². The highest BCUT2D eigenvalue weighted by Crippen LogP contribution is 2.28. The van der Waals surface area contributed by atoms with Crippen molar-refractivity contribution in [3.8, 4) is 0 Å². The fourth-order valence-electron chi connectivity index (χ4n) is 2.54. The minimum Gasteiger partial charge on any atom is -0.382 e. The Labute approximate surface area is 116 Å². The molecular weight excluding hydrogens is 297 g/mol. The van der Waals surface area contributed by atoms with Crippen molar-refractivity contribution in [1.29, 1.82) is 0 Å². The number of nitrogens with one attached hydrogen (secondary N) is 1. The second-order valence-corrected chi connectivity index (χ2v) is 6.01. The van der Waals surface area contributed by atoms with E-state index in [0.29, 0.717) is 10.5 Å². The number of halogens is 2. The largest absolute Gasteiger partial charge is 0.382 e. The van der Waals surface area contributed by atoms with E-state index < -0.39 is 0 Å². The molecule has 1 fully saturated rings. The van der Waals surface area contributed by atoms with Crippen LogP contribution in [-0.4, -0.2) is 18.2 Å². The minimum absolute atomic E-state index is 0.216. The maximum Gasteiger partial charge on any atom is 0.137 e. The van der Waals surface area contributed by atoms with Gasteiger partial charge in [-0.15, -0.1) is 0 Å². The molecule has 2 rings (SSSR count). The third kappa shape index (κ3) is 3.23. The fraction of sp³-hybridized carbons (Fsp3) is 0.571. The predicted octanol–water partition coefficient (Wildman–Crippen LogP) is 4.26. The monoisotopic (exact) mass is 315 g/mol. The molecule has 0 spiro atoms. The van der Waals surface area contributed by atoms with Gasteiger partial charge in [0.05, 0.1) is 16.7 Å². The van der Waals surface area contributed by atoms with Crippen LogP contribution in [0.3, 0.4) is 0 Å². The smallest absolute Gasteiger partial charge is 0.137 e. The third-order valence-corrected chi connectivity index (χ3v) is 3.93. The summed E-state index contributed by atoms with van der Waals surface area (Å²) in [6.07, 6.45) is 2.52. The van der Waals surface area contributed by atoms with E-state index in [2.05, 4.69) is 35.1 Å². The first kappa shape index (κ1) is 13.8. The molecule has 0 aromatic heterocycles. The molecule has 1 N–H and O–H groups in total. The van der Waals surface area contributed by atoms with E-state index in [1.54, 1.807) is 6.07 Å². The molecule has 18 heavy (non-hydrogen) atoms. The van der Waals surface area contributed by atoms with Crippen LogP contribution >= 0.6 is 15.9 Å². The van der Waals surface area contributed by atoms with Gasteiger partial charge in [-0.05, 0) is 67.2 Å². The van der Waals surface area contributed by atoms with Crippen molar-refractivity contribution >= 4 is 21.6 Å². The van der Waals surface area contributed by atoms with E-state index in [0.717, 1.165) is 24.1 Å². The Morgan fingerprint density at radius 2 is 1.89 bits per heavy atom. The van der Waals surface area contributed by atoms with Crippen molar-refractivity contribution in [2.24, 2.45) is 0 Å². The quantitative estimate of drug-likeness (QED) is 0.880. The number of rotatable bonds is 2. The van der Waals surface area contributed by atoms with Gasteiger partial charge < -0.3 is 10.1 Å². The summed E-state index contributed by atoms with van der Waals surface area (Å²) in [6.45, 7) is 6.11. The van der Waals surface area contributed by atoms with Crippen LogP contribution in [0.2, 0.25) is 0 Å². The molecule has 2 unspecified atom stereocenters. The Balaban J connectivity index is 2.11. The third-order valence-electron chi connectivity index (χ3n) is 3.32. The maximum atomic E-state index is 13.4. The average Bonchev–Trinajstić information content (AvgIpc) is 2.24. The lowest BCUT2D eigenvalue weighted by molar-refractivity contribution is -0.0337. The molecule has 1 saturated heterocycles. The van der Waals surface area contributed by atoms with Crippen LogP contribution < -0.4 is 5.32 Å². The fourth-order valence-corrected chi connectivity index (χ4v) is 2.89. The topological polar surface area (TPSA) is 21.3 Å². The number of hydrogen-bond acceptors (Lipinski definition) is 2. The molecule has 0 bridgehead atoms. The maximum absolute atomic E-state index is 13.4. The van der Waals surface area contributed by atoms with E-state index >= 15 is 0 Å². The molecule has 4 heteroatoms. The Morgan fingerprint density at radius 3 is 2.50 bits per heavy atom. The highest BCUT2D eigenvalue weighted by atomic mass is 79.9. The van der Waals surface area contributed by atoms with Crippen LogP contribution in [0.1, 0.15) is 32.3 Å². The summed E-state index contributed by atoms with van der Waals surface area (Å²) in [4.78, 5) is 0. The van der Waals surface area contributed by atoms with E-state index in [9.17, 15) is 4.39 Å². The zero-order valence-electron chi connectivity index (χ0n) is 11.0. The Hall–Kier alpha value is -0.610. The summed E-state index contributed by atoms with van der Waals surface area (Å²) in [7, 11) is 0. The summed E-state index contributed by atoms with van der Waals surface area (Å²) in [5.74, 6) is -0.216. The molecule has 100 valence electrons. The standard InChI is InChI=1S/C14H19BrFNO/c1-8-4-13(16)12(15)7-14(8)17-11-5-9(2)18-10(3)6-11/h4,7,9-11,17H,5-6H2,1-3H3. The molecule has 1 aliphatic heterocycles. The SMILES string of the molecule is Cc1cc(F)c(Br)cc1NC1CC(C)OC(C)C1. The van der Waals surface area contributed by atoms with Gasteiger partial charge >= 0.3 is 0 Å². The van der Waals surface area contributed by atoms with Gasteiger partial charge in [0.1, 0.15) is 5.82 Å². The molecular formula is C14H19BrFNO. The van der Waals surface area contributed by atoms with Crippen molar-refractivity contribution < 1.29 is 9.13 Å². The first-order chi connectivity index (χ1) is 8.45. The van der Waals surface area contributed by atoms with Gasteiger partial charge in [-0.1, -0.05) is 0 Å². The first-order valence-corrected chi connectivity index (χ1v) is 7.12. The highest BCUT2D eigenvalue weighted by molar-refractivity contribution is 9.10. The van der Waals surface area contributed by atoms with Crippen molar-refractivity contribution in [2.45, 2.75) is 51.9 Å². The normalized spacial score (nSPS) is 28.2. The zero-order chi connectivity index (χ0) is 13.3. The molecule has 1 aromatic rings. The summed E-state index contributed by atoms with van der Waals surface area (Å²) < 4.78 is 19.6. The molecule has 0 saturated carbocycles. The molecule has 0 aliphatic carbocycles. The second kappa shape index (κ2) is 5.57. The summed E-state index contributed by atoms with van der Waals surface area (Å²) >= 11 is 3.23. The number of anilines is 1. The number of hydrogen-bond donors (Lipinski definition) is 1. The average molecular weight is 316 g/mol. The molecule has 2 nitrogen and oxygen atoms in total. The number of ether oxygens (including phenoxy) is 1. The molecule has 1 heterocycles. The van der Waals surface area contributed by atoms with Gasteiger partial charge in [0.25, 0.3) is 0 Å². The van der Waals surface area contributed by atoms with Crippen LogP contribution in [0.4, 0.5) is 10.1 Å². The lowest BCUT2D eigenvalue weighted by Gasteiger charge is -2.33. The van der Waals surface area contributed by atoms with Crippen LogP contribution in [0.15, 0.2) is 16.6 Å². The van der Waals surface area contributed by atoms with Gasteiger partial charge in [0.15, 0.2) is 0 Å². The number of aryl methyl sites for hydroxylation is 1. The van der Waals surface area contributed by atoms with Crippen molar-refractivity contribution in [1.82, 2.24) is 0 Å². The van der Waals surface area contributed by atoms with Crippen LogP contribution in [-0.2, 0) is 4.74 Å². The van der Waals surface area contributed by atoms with Gasteiger partial charge in [-0.3, -0.25) is 0 Å². The lowest BCUT2D eigenvalue weighted by atomic mass is 9.99. The summed E-state index contributed by atoms with van der Waals surface area (Å²) in [5.41, 5.74) is 1.93. The van der Waals surface area contributed by atoms with E-state index in [4.69, 9.17) is 4.74 Å². The Bertz CT molecular complexity index is 428. The molecule has 0 amide bonds. The highest BCUT2D eigenvalue weighted by Gasteiger charge is 2.24. The molecule has 1 aromatic carbocycles. The predicted molar refractivity (Wildman–Crippen MR) is 75.5 cm³/mol. The number of benzene rings is 1. The van der Waals surface area contributed by atoms with E-state index in [1.165, 1.54) is 0 Å². The lowest BCUT2D eigenvalue weighted by Crippen LogP contribution is -2.37. The van der Waals surface area contributed by atoms with Crippen LogP contribution in [0.5, 0.6) is 0 Å². The van der Waals surface area contributed by atoms with E-state index in [1.807, 2.05) is 13.0 Å². The van der Waals surface area contributed by atoms with Gasteiger partial charge in [-0.2, -0.15) is 0 Å². The summed E-state index contributed by atoms with van der Waals surface area (Å²) in [5, 5.41) is 3.50. The first-order valence-electron chi connectivity index (χ1n) is 6.33. The Morgan fingerprint density at radius 1 is 1.28 bits per heavy atom. The zero-order valence-corrected chi connectivity index (χ0v) is 12.6. The van der Waals surface area contributed by atoms with Crippen molar-refractivity contribution in [3.05, 3.63) is 28.0 Å². The molecule has 1 aliphatic rings. The second-order valence-electron chi connectivity index (χ2n) is 5.15. The summed E-state index contributed by atoms with van der Waals surface area (Å²) in [6, 6.07) is 3.76. The molecule has 2 atom stereocenters. The molecule has 0 radical (unpaired) electrons. The van der Waals surface area contributed by atoms with Crippen LogP contribution in [0.25, 0.3) is 0 Å².